The number of aliphatic hydroxyl groups excluding tert-OH is 1. The second-order valence-electron chi connectivity index (χ2n) is 9.00. The molecule has 1 heterocycles. The molecule has 178 valence electrons. The van der Waals surface area contributed by atoms with Crippen molar-refractivity contribution in [3.63, 3.8) is 0 Å². The molecule has 1 aliphatic carbocycles. The van der Waals surface area contributed by atoms with E-state index in [2.05, 4.69) is 39.9 Å². The van der Waals surface area contributed by atoms with Crippen molar-refractivity contribution < 1.29 is 15.0 Å². The number of rotatable bonds is 10. The van der Waals surface area contributed by atoms with E-state index in [1.165, 1.54) is 24.8 Å². The summed E-state index contributed by atoms with van der Waals surface area (Å²) in [5, 5.41) is 26.6. The zero-order valence-electron chi connectivity index (χ0n) is 19.4. The van der Waals surface area contributed by atoms with Crippen LogP contribution in [0.2, 0.25) is 0 Å². The lowest BCUT2D eigenvalue weighted by atomic mass is 9.94. The van der Waals surface area contributed by atoms with Crippen molar-refractivity contribution >= 4 is 11.7 Å². The van der Waals surface area contributed by atoms with Crippen LogP contribution in [0.25, 0.3) is 11.1 Å². The predicted octanol–water partition coefficient (Wildman–Crippen LogP) is 5.06. The monoisotopic (exact) mass is 459 g/mol. The Labute approximate surface area is 201 Å². The summed E-state index contributed by atoms with van der Waals surface area (Å²) < 4.78 is 0. The molecule has 34 heavy (non-hydrogen) atoms. The number of aromatic carboxylic acids is 1. The zero-order chi connectivity index (χ0) is 23.8. The summed E-state index contributed by atoms with van der Waals surface area (Å²) in [7, 11) is 0. The highest BCUT2D eigenvalue weighted by Crippen LogP contribution is 2.29. The lowest BCUT2D eigenvalue weighted by Gasteiger charge is -2.25. The number of anilines is 1. The summed E-state index contributed by atoms with van der Waals surface area (Å²) in [5.74, 6) is -0.902. The second-order valence-corrected chi connectivity index (χ2v) is 9.00. The molecule has 2 aromatic carbocycles. The smallest absolute Gasteiger partial charge is 0.337 e. The molecular weight excluding hydrogens is 426 g/mol. The summed E-state index contributed by atoms with van der Waals surface area (Å²) in [4.78, 5) is 15.8. The molecule has 0 aliphatic heterocycles. The predicted molar refractivity (Wildman–Crippen MR) is 135 cm³/mol. The standard InChI is InChI=1S/C28H33N3O3/c32-27(23-5-4-15-29-18-23)19-30-16-14-20-8-10-21(11-9-20)22-12-13-25(28(33)34)26(17-22)31-24-6-2-1-3-7-24/h4-5,8-13,15,17-18,24,27,30-32H,1-3,6-7,14,16,19H2,(H,33,34)/t27-/m0/s1. The highest BCUT2D eigenvalue weighted by atomic mass is 16.4. The topological polar surface area (TPSA) is 94.5 Å². The minimum Gasteiger partial charge on any atom is -0.478 e. The van der Waals surface area contributed by atoms with Gasteiger partial charge >= 0.3 is 5.97 Å². The SMILES string of the molecule is O=C(O)c1ccc(-c2ccc(CCNC[C@H](O)c3cccnc3)cc2)cc1NC1CCCCC1. The van der Waals surface area contributed by atoms with E-state index in [0.717, 1.165) is 42.5 Å². The van der Waals surface area contributed by atoms with Crippen molar-refractivity contribution in [2.24, 2.45) is 0 Å². The number of benzene rings is 2. The van der Waals surface area contributed by atoms with Crippen LogP contribution < -0.4 is 10.6 Å². The van der Waals surface area contributed by atoms with Gasteiger partial charge in [-0.2, -0.15) is 0 Å². The molecule has 0 saturated heterocycles. The first-order valence-corrected chi connectivity index (χ1v) is 12.1. The second kappa shape index (κ2) is 11.8. The van der Waals surface area contributed by atoms with Crippen LogP contribution >= 0.6 is 0 Å². The van der Waals surface area contributed by atoms with Gasteiger partial charge in [0.2, 0.25) is 0 Å². The Morgan fingerprint density at radius 1 is 1.03 bits per heavy atom. The van der Waals surface area contributed by atoms with Gasteiger partial charge in [-0.25, -0.2) is 4.79 Å². The molecule has 4 rings (SSSR count). The summed E-state index contributed by atoms with van der Waals surface area (Å²) in [6, 6.07) is 18.0. The van der Waals surface area contributed by atoms with E-state index in [1.54, 1.807) is 18.5 Å². The molecule has 3 aromatic rings. The van der Waals surface area contributed by atoms with Gasteiger partial charge in [0, 0.05) is 36.2 Å². The van der Waals surface area contributed by atoms with Crippen LogP contribution in [-0.2, 0) is 6.42 Å². The van der Waals surface area contributed by atoms with Crippen LogP contribution in [0.15, 0.2) is 67.0 Å². The number of aromatic nitrogens is 1. The van der Waals surface area contributed by atoms with Gasteiger partial charge in [0.05, 0.1) is 11.7 Å². The third-order valence-electron chi connectivity index (χ3n) is 6.50. The maximum absolute atomic E-state index is 11.7. The summed E-state index contributed by atoms with van der Waals surface area (Å²) >= 11 is 0. The average molecular weight is 460 g/mol. The molecular formula is C28H33N3O3. The highest BCUT2D eigenvalue weighted by Gasteiger charge is 2.17. The van der Waals surface area contributed by atoms with Gasteiger partial charge in [-0.15, -0.1) is 0 Å². The number of carboxylic acids is 1. The fourth-order valence-electron chi connectivity index (χ4n) is 4.52. The Kier molecular flexibility index (Phi) is 8.28. The maximum Gasteiger partial charge on any atom is 0.337 e. The Morgan fingerprint density at radius 3 is 2.50 bits per heavy atom. The third kappa shape index (κ3) is 6.43. The maximum atomic E-state index is 11.7. The van der Waals surface area contributed by atoms with Crippen molar-refractivity contribution in [3.05, 3.63) is 83.7 Å². The Morgan fingerprint density at radius 2 is 1.79 bits per heavy atom. The summed E-state index contributed by atoms with van der Waals surface area (Å²) in [6.45, 7) is 1.25. The average Bonchev–Trinajstić information content (AvgIpc) is 2.88. The molecule has 4 N–H and O–H groups in total. The van der Waals surface area contributed by atoms with Gasteiger partial charge in [-0.1, -0.05) is 55.7 Å². The molecule has 0 radical (unpaired) electrons. The van der Waals surface area contributed by atoms with E-state index in [1.807, 2.05) is 24.3 Å². The first-order valence-electron chi connectivity index (χ1n) is 12.1. The number of aliphatic hydroxyl groups is 1. The van der Waals surface area contributed by atoms with E-state index in [-0.39, 0.29) is 0 Å². The van der Waals surface area contributed by atoms with E-state index in [0.29, 0.717) is 23.8 Å². The number of nitrogens with zero attached hydrogens (tertiary/aromatic N) is 1. The number of nitrogens with one attached hydrogen (secondary N) is 2. The van der Waals surface area contributed by atoms with E-state index in [9.17, 15) is 15.0 Å². The highest BCUT2D eigenvalue weighted by molar-refractivity contribution is 5.95. The number of carbonyl (C=O) groups is 1. The molecule has 1 saturated carbocycles. The first-order chi connectivity index (χ1) is 16.6. The quantitative estimate of drug-likeness (QED) is 0.317. The minimum atomic E-state index is -0.902. The number of hydrogen-bond acceptors (Lipinski definition) is 5. The molecule has 0 amide bonds. The van der Waals surface area contributed by atoms with Gasteiger partial charge in [0.25, 0.3) is 0 Å². The Balaban J connectivity index is 1.35. The van der Waals surface area contributed by atoms with Crippen LogP contribution in [0.3, 0.4) is 0 Å². The number of pyridine rings is 1. The van der Waals surface area contributed by atoms with Crippen molar-refractivity contribution in [1.29, 1.82) is 0 Å². The van der Waals surface area contributed by atoms with Crippen LogP contribution in [0, 0.1) is 0 Å². The Hall–Kier alpha value is -3.22. The number of carboxylic acid groups (broad SMARTS) is 1. The Bertz CT molecular complexity index is 1060. The van der Waals surface area contributed by atoms with E-state index in [4.69, 9.17) is 0 Å². The molecule has 6 heteroatoms. The normalized spacial score (nSPS) is 15.1. The molecule has 1 aromatic heterocycles. The van der Waals surface area contributed by atoms with Crippen molar-refractivity contribution in [3.8, 4) is 11.1 Å². The van der Waals surface area contributed by atoms with Crippen molar-refractivity contribution in [1.82, 2.24) is 10.3 Å². The zero-order valence-corrected chi connectivity index (χ0v) is 19.4. The fraction of sp³-hybridized carbons (Fsp3) is 0.357. The summed E-state index contributed by atoms with van der Waals surface area (Å²) in [6.07, 6.45) is 9.49. The molecule has 1 aliphatic rings. The summed E-state index contributed by atoms with van der Waals surface area (Å²) in [5.41, 5.74) is 5.11. The van der Waals surface area contributed by atoms with Crippen LogP contribution in [0.1, 0.15) is 59.7 Å². The largest absolute Gasteiger partial charge is 0.478 e. The van der Waals surface area contributed by atoms with Crippen LogP contribution in [0.5, 0.6) is 0 Å². The van der Waals surface area contributed by atoms with E-state index >= 15 is 0 Å². The third-order valence-corrected chi connectivity index (χ3v) is 6.50. The van der Waals surface area contributed by atoms with Crippen molar-refractivity contribution in [2.45, 2.75) is 50.7 Å². The van der Waals surface area contributed by atoms with Gasteiger partial charge in [-0.05, 0) is 60.7 Å². The van der Waals surface area contributed by atoms with Crippen LogP contribution in [-0.4, -0.2) is 40.3 Å². The van der Waals surface area contributed by atoms with Gasteiger partial charge in [0.15, 0.2) is 0 Å². The lowest BCUT2D eigenvalue weighted by molar-refractivity contribution is 0.0698. The molecule has 0 bridgehead atoms. The minimum absolute atomic E-state index is 0.325. The van der Waals surface area contributed by atoms with Crippen molar-refractivity contribution in [2.75, 3.05) is 18.4 Å². The first kappa shape index (κ1) is 23.9. The molecule has 0 spiro atoms. The lowest BCUT2D eigenvalue weighted by Crippen LogP contribution is -2.23. The van der Waals surface area contributed by atoms with Crippen LogP contribution in [0.4, 0.5) is 5.69 Å². The van der Waals surface area contributed by atoms with Gasteiger partial charge in [0.1, 0.15) is 0 Å². The fourth-order valence-corrected chi connectivity index (χ4v) is 4.52. The van der Waals surface area contributed by atoms with Gasteiger partial charge in [-0.3, -0.25) is 4.98 Å². The number of hydrogen-bond donors (Lipinski definition) is 4. The molecule has 1 atom stereocenters. The molecule has 1 fully saturated rings. The molecule has 0 unspecified atom stereocenters. The van der Waals surface area contributed by atoms with Gasteiger partial charge < -0.3 is 20.8 Å². The van der Waals surface area contributed by atoms with E-state index < -0.39 is 12.1 Å². The molecule has 6 nitrogen and oxygen atoms in total.